The van der Waals surface area contributed by atoms with Gasteiger partial charge < -0.3 is 4.90 Å². The number of nitrogens with zero attached hydrogens (tertiary/aromatic N) is 2. The summed E-state index contributed by atoms with van der Waals surface area (Å²) in [6.45, 7) is 6.27. The molecule has 230 valence electrons. The lowest BCUT2D eigenvalue weighted by atomic mass is 9.99. The molecule has 1 unspecified atom stereocenters. The Balaban J connectivity index is 1.41. The molecule has 0 radical (unpaired) electrons. The number of hydrogen-bond donors (Lipinski definition) is 0. The highest BCUT2D eigenvalue weighted by atomic mass is 16.1. The van der Waals surface area contributed by atoms with Crippen molar-refractivity contribution in [2.45, 2.75) is 103 Å². The lowest BCUT2D eigenvalue weighted by molar-refractivity contribution is -0.673. The van der Waals surface area contributed by atoms with Crippen molar-refractivity contribution in [3.8, 4) is 0 Å². The number of fused-ring (bicyclic) bond motifs is 2. The first kappa shape index (κ1) is 31.6. The van der Waals surface area contributed by atoms with Crippen LogP contribution in [-0.4, -0.2) is 12.6 Å². The van der Waals surface area contributed by atoms with Crippen molar-refractivity contribution in [2.24, 2.45) is 0 Å². The van der Waals surface area contributed by atoms with Crippen LogP contribution in [-0.2, 0) is 6.54 Å². The third kappa shape index (κ3) is 7.46. The van der Waals surface area contributed by atoms with Crippen molar-refractivity contribution in [1.29, 1.82) is 0 Å². The van der Waals surface area contributed by atoms with Crippen LogP contribution in [0.2, 0.25) is 0 Å². The molecule has 4 aromatic rings. The summed E-state index contributed by atoms with van der Waals surface area (Å²) in [6, 6.07) is 20.8. The molecule has 1 aliphatic heterocycles. The molecule has 0 saturated carbocycles. The molecule has 2 heterocycles. The predicted octanol–water partition coefficient (Wildman–Crippen LogP) is 6.96. The Morgan fingerprint density at radius 3 is 2.14 bits per heavy atom. The lowest BCUT2D eigenvalue weighted by Gasteiger charge is -2.34. The SMILES string of the molecule is CCCCCCCCN1c2ccccc2C=CC1C=c1c(=O)c(=Cc2ccc3ccccc3[n+]2CCCCCCCC)c1=O. The van der Waals surface area contributed by atoms with Gasteiger partial charge in [0.2, 0.25) is 22.1 Å². The number of rotatable bonds is 16. The summed E-state index contributed by atoms with van der Waals surface area (Å²) in [5, 5.41) is 1.79. The second-order valence-corrected chi connectivity index (χ2v) is 12.4. The first-order valence-electron chi connectivity index (χ1n) is 17.1. The van der Waals surface area contributed by atoms with Crippen LogP contribution in [0.3, 0.4) is 0 Å². The highest BCUT2D eigenvalue weighted by Crippen LogP contribution is 2.29. The Kier molecular flexibility index (Phi) is 11.4. The van der Waals surface area contributed by atoms with E-state index >= 15 is 0 Å². The van der Waals surface area contributed by atoms with E-state index in [4.69, 9.17) is 0 Å². The van der Waals surface area contributed by atoms with Gasteiger partial charge >= 0.3 is 0 Å². The molecule has 0 fully saturated rings. The first-order chi connectivity index (χ1) is 21.6. The van der Waals surface area contributed by atoms with Crippen LogP contribution in [0.25, 0.3) is 29.1 Å². The number of anilines is 1. The summed E-state index contributed by atoms with van der Waals surface area (Å²) in [6.07, 6.45) is 22.7. The van der Waals surface area contributed by atoms with E-state index in [1.54, 1.807) is 0 Å². The van der Waals surface area contributed by atoms with Crippen LogP contribution in [0.1, 0.15) is 102 Å². The third-order valence-corrected chi connectivity index (χ3v) is 9.15. The predicted molar refractivity (Wildman–Crippen MR) is 186 cm³/mol. The summed E-state index contributed by atoms with van der Waals surface area (Å²) in [5.74, 6) is 0. The molecule has 4 nitrogen and oxygen atoms in total. The summed E-state index contributed by atoms with van der Waals surface area (Å²) in [5.41, 5.74) is 4.14. The van der Waals surface area contributed by atoms with Crippen molar-refractivity contribution >= 4 is 34.8 Å². The number of para-hydroxylation sites is 2. The van der Waals surface area contributed by atoms with E-state index in [0.29, 0.717) is 10.4 Å². The number of hydrogen-bond acceptors (Lipinski definition) is 3. The van der Waals surface area contributed by atoms with E-state index in [-0.39, 0.29) is 16.9 Å². The molecule has 0 aliphatic carbocycles. The number of aryl methyl sites for hydroxylation is 1. The molecule has 1 aliphatic rings. The molecular weight excluding hydrogens is 540 g/mol. The maximum Gasteiger partial charge on any atom is 0.212 e. The Labute approximate surface area is 262 Å². The van der Waals surface area contributed by atoms with Gasteiger partial charge in [0.1, 0.15) is 6.54 Å². The van der Waals surface area contributed by atoms with Gasteiger partial charge in [-0.3, -0.25) is 9.59 Å². The van der Waals surface area contributed by atoms with Gasteiger partial charge in [-0.2, -0.15) is 4.57 Å². The number of unbranched alkanes of at least 4 members (excludes halogenated alkanes) is 10. The van der Waals surface area contributed by atoms with Crippen LogP contribution >= 0.6 is 0 Å². The van der Waals surface area contributed by atoms with E-state index in [0.717, 1.165) is 37.1 Å². The fourth-order valence-corrected chi connectivity index (χ4v) is 6.57. The molecule has 0 saturated heterocycles. The van der Waals surface area contributed by atoms with Crippen LogP contribution in [0, 0.1) is 0 Å². The zero-order valence-corrected chi connectivity index (χ0v) is 26.8. The van der Waals surface area contributed by atoms with E-state index in [1.807, 2.05) is 12.2 Å². The minimum absolute atomic E-state index is 0.108. The minimum atomic E-state index is -0.138. The highest BCUT2D eigenvalue weighted by molar-refractivity contribution is 5.76. The number of benzene rings is 2. The van der Waals surface area contributed by atoms with Gasteiger partial charge in [-0.1, -0.05) is 114 Å². The van der Waals surface area contributed by atoms with Gasteiger partial charge in [0.05, 0.1) is 16.5 Å². The summed E-state index contributed by atoms with van der Waals surface area (Å²) < 4.78 is 2.29. The molecule has 0 bridgehead atoms. The van der Waals surface area contributed by atoms with Crippen LogP contribution in [0.5, 0.6) is 0 Å². The van der Waals surface area contributed by atoms with E-state index in [9.17, 15) is 9.59 Å². The topological polar surface area (TPSA) is 41.3 Å². The van der Waals surface area contributed by atoms with E-state index in [1.165, 1.54) is 80.8 Å². The van der Waals surface area contributed by atoms with Crippen molar-refractivity contribution in [3.63, 3.8) is 0 Å². The molecule has 0 amide bonds. The van der Waals surface area contributed by atoms with E-state index in [2.05, 4.69) is 96.1 Å². The average molecular weight is 590 g/mol. The fraction of sp³-hybridized carbons (Fsp3) is 0.425. The molecule has 44 heavy (non-hydrogen) atoms. The fourth-order valence-electron chi connectivity index (χ4n) is 6.57. The number of aromatic nitrogens is 1. The molecule has 0 spiro atoms. The molecule has 1 atom stereocenters. The largest absolute Gasteiger partial charge is 0.361 e. The molecule has 0 N–H and O–H groups in total. The Bertz CT molecular complexity index is 1730. The quantitative estimate of drug-likeness (QED) is 0.105. The summed E-state index contributed by atoms with van der Waals surface area (Å²) in [4.78, 5) is 29.3. The maximum atomic E-state index is 13.5. The van der Waals surface area contributed by atoms with Gasteiger partial charge in [-0.25, -0.2) is 0 Å². The monoisotopic (exact) mass is 589 g/mol. The third-order valence-electron chi connectivity index (χ3n) is 9.15. The van der Waals surface area contributed by atoms with Gasteiger partial charge in [0.15, 0.2) is 0 Å². The van der Waals surface area contributed by atoms with E-state index < -0.39 is 0 Å². The minimum Gasteiger partial charge on any atom is -0.361 e. The zero-order chi connectivity index (χ0) is 30.7. The maximum absolute atomic E-state index is 13.5. The van der Waals surface area contributed by atoms with Crippen LogP contribution in [0.15, 0.2) is 76.3 Å². The Morgan fingerprint density at radius 1 is 0.705 bits per heavy atom. The Hall–Kier alpha value is -3.79. The number of pyridine rings is 1. The van der Waals surface area contributed by atoms with Crippen molar-refractivity contribution < 1.29 is 4.57 Å². The molecule has 3 aromatic carbocycles. The molecule has 4 heteroatoms. The van der Waals surface area contributed by atoms with Crippen LogP contribution in [0.4, 0.5) is 5.69 Å². The lowest BCUT2D eigenvalue weighted by Crippen LogP contribution is -2.65. The van der Waals surface area contributed by atoms with Gasteiger partial charge in [-0.05, 0) is 42.7 Å². The zero-order valence-electron chi connectivity index (χ0n) is 26.8. The summed E-state index contributed by atoms with van der Waals surface area (Å²) in [7, 11) is 0. The summed E-state index contributed by atoms with van der Waals surface area (Å²) >= 11 is 0. The molecule has 1 aromatic heterocycles. The smallest absolute Gasteiger partial charge is 0.212 e. The molecule has 5 rings (SSSR count). The van der Waals surface area contributed by atoms with Crippen molar-refractivity contribution in [1.82, 2.24) is 0 Å². The van der Waals surface area contributed by atoms with Gasteiger partial charge in [-0.15, -0.1) is 0 Å². The second-order valence-electron chi connectivity index (χ2n) is 12.4. The molecular formula is C40H49N2O2+. The van der Waals surface area contributed by atoms with Crippen LogP contribution < -0.4 is 30.8 Å². The van der Waals surface area contributed by atoms with Crippen molar-refractivity contribution in [2.75, 3.05) is 11.4 Å². The Morgan fingerprint density at radius 2 is 1.36 bits per heavy atom. The normalized spacial score (nSPS) is 14.3. The first-order valence-corrected chi connectivity index (χ1v) is 17.1. The van der Waals surface area contributed by atoms with Gasteiger partial charge in [0, 0.05) is 42.2 Å². The highest BCUT2D eigenvalue weighted by Gasteiger charge is 2.22. The second kappa shape index (κ2) is 15.8. The standard InChI is InChI=1S/C40H49N2O2/c1-3-5-7-9-11-17-27-41-33(25-23-31-19-13-15-21-37(31)41)29-35-39(43)36(40(35)44)30-34-26-24-32-20-14-16-22-38(32)42(34)28-18-12-10-8-6-4-2/h13-16,19-26,29-30,33H,3-12,17-18,27-28H2,1-2H3/q+1. The average Bonchev–Trinajstić information content (AvgIpc) is 3.06. The van der Waals surface area contributed by atoms with Gasteiger partial charge in [0.25, 0.3) is 0 Å². The van der Waals surface area contributed by atoms with Crippen molar-refractivity contribution in [3.05, 3.63) is 109 Å².